The van der Waals surface area contributed by atoms with Crippen LogP contribution in [-0.2, 0) is 19.1 Å². The lowest BCUT2D eigenvalue weighted by Gasteiger charge is -2.23. The maximum atomic E-state index is 12.7. The minimum Gasteiger partial charge on any atom is -0.481 e. The number of terminal acetylenes is 1. The highest BCUT2D eigenvalue weighted by molar-refractivity contribution is 5.89. The molecule has 2 aromatic rings. The average molecular weight is 450 g/mol. The number of aliphatic carboxylic acids is 1. The number of nitrogens with one attached hydrogen (secondary N) is 1. The zero-order valence-electron chi connectivity index (χ0n) is 18.3. The number of fused-ring (bicyclic) bond motifs is 3. The first kappa shape index (κ1) is 23.8. The molecule has 1 aliphatic carbocycles. The van der Waals surface area contributed by atoms with Crippen molar-refractivity contribution >= 4 is 18.0 Å². The van der Waals surface area contributed by atoms with Crippen LogP contribution in [0.15, 0.2) is 48.5 Å². The van der Waals surface area contributed by atoms with E-state index in [1.807, 2.05) is 48.5 Å². The van der Waals surface area contributed by atoms with E-state index in [1.54, 1.807) is 0 Å². The molecule has 0 saturated heterocycles. The van der Waals surface area contributed by atoms with E-state index < -0.39 is 30.4 Å². The Kier molecular flexibility index (Phi) is 8.06. The molecule has 0 fully saturated rings. The number of likely N-dealkylation sites (N-methyl/N-ethyl adjacent to an activating group) is 1. The lowest BCUT2D eigenvalue weighted by Crippen LogP contribution is -2.49. The van der Waals surface area contributed by atoms with Crippen molar-refractivity contribution in [2.45, 2.75) is 18.4 Å². The fourth-order valence-corrected chi connectivity index (χ4v) is 3.87. The van der Waals surface area contributed by atoms with Gasteiger partial charge in [0.15, 0.2) is 0 Å². The van der Waals surface area contributed by atoms with Crippen LogP contribution in [0.1, 0.15) is 23.5 Å². The first-order valence-corrected chi connectivity index (χ1v) is 10.5. The molecule has 2 N–H and O–H groups in total. The van der Waals surface area contributed by atoms with Gasteiger partial charge in [-0.3, -0.25) is 9.59 Å². The number of carboxylic acids is 1. The Morgan fingerprint density at radius 1 is 1.12 bits per heavy atom. The minimum atomic E-state index is -1.27. The number of rotatable bonds is 10. The molecule has 2 amide bonds. The SMILES string of the molecule is C#CCOCCN(C)C(=O)C(CC(=O)O)NC(=O)OCC1c2ccccc2-c2ccccc21. The molecule has 0 radical (unpaired) electrons. The summed E-state index contributed by atoms with van der Waals surface area (Å²) in [5.41, 5.74) is 4.29. The van der Waals surface area contributed by atoms with Gasteiger partial charge in [-0.1, -0.05) is 54.5 Å². The Morgan fingerprint density at radius 2 is 1.73 bits per heavy atom. The molecule has 8 nitrogen and oxygen atoms in total. The van der Waals surface area contributed by atoms with Crippen molar-refractivity contribution in [3.8, 4) is 23.5 Å². The molecule has 172 valence electrons. The van der Waals surface area contributed by atoms with Gasteiger partial charge in [0.05, 0.1) is 13.0 Å². The maximum Gasteiger partial charge on any atom is 0.407 e. The standard InChI is InChI=1S/C25H26N2O6/c1-3-13-32-14-12-27(2)24(30)22(15-23(28)29)26-25(31)33-16-21-19-10-6-4-8-17(19)18-9-5-7-11-20(18)21/h1,4-11,21-22H,12-16H2,2H3,(H,26,31)(H,28,29). The third-order valence-electron chi connectivity index (χ3n) is 5.45. The first-order valence-electron chi connectivity index (χ1n) is 10.5. The summed E-state index contributed by atoms with van der Waals surface area (Å²) >= 11 is 0. The Hall–Kier alpha value is -3.83. The molecule has 0 bridgehead atoms. The van der Waals surface area contributed by atoms with Gasteiger partial charge < -0.3 is 24.8 Å². The van der Waals surface area contributed by atoms with Crippen molar-refractivity contribution in [1.82, 2.24) is 10.2 Å². The van der Waals surface area contributed by atoms with Crippen LogP contribution in [0.25, 0.3) is 11.1 Å². The van der Waals surface area contributed by atoms with Crippen molar-refractivity contribution in [2.24, 2.45) is 0 Å². The zero-order chi connectivity index (χ0) is 23.8. The Balaban J connectivity index is 1.62. The van der Waals surface area contributed by atoms with Crippen molar-refractivity contribution in [3.63, 3.8) is 0 Å². The smallest absolute Gasteiger partial charge is 0.407 e. The number of ether oxygens (including phenoxy) is 2. The monoisotopic (exact) mass is 450 g/mol. The van der Waals surface area contributed by atoms with Crippen LogP contribution in [0.5, 0.6) is 0 Å². The summed E-state index contributed by atoms with van der Waals surface area (Å²) in [4.78, 5) is 37.7. The predicted octanol–water partition coefficient (Wildman–Crippen LogP) is 2.48. The molecular weight excluding hydrogens is 424 g/mol. The fraction of sp³-hybridized carbons (Fsp3) is 0.320. The lowest BCUT2D eigenvalue weighted by molar-refractivity contribution is -0.142. The highest BCUT2D eigenvalue weighted by atomic mass is 16.5. The van der Waals surface area contributed by atoms with Crippen molar-refractivity contribution < 1.29 is 29.0 Å². The molecule has 0 aromatic heterocycles. The summed E-state index contributed by atoms with van der Waals surface area (Å²) in [5.74, 6) is 0.394. The summed E-state index contributed by atoms with van der Waals surface area (Å²) in [6, 6.07) is 14.6. The number of alkyl carbamates (subject to hydrolysis) is 1. The molecular formula is C25H26N2O6. The molecule has 3 rings (SSSR count). The van der Waals surface area contributed by atoms with E-state index in [0.717, 1.165) is 22.3 Å². The summed E-state index contributed by atoms with van der Waals surface area (Å²) in [5, 5.41) is 11.6. The largest absolute Gasteiger partial charge is 0.481 e. The van der Waals surface area contributed by atoms with Crippen LogP contribution in [-0.4, -0.2) is 67.4 Å². The van der Waals surface area contributed by atoms with Gasteiger partial charge in [0.25, 0.3) is 0 Å². The van der Waals surface area contributed by atoms with Gasteiger partial charge in [-0.2, -0.15) is 0 Å². The fourth-order valence-electron chi connectivity index (χ4n) is 3.87. The second kappa shape index (κ2) is 11.2. The van der Waals surface area contributed by atoms with Crippen molar-refractivity contribution in [3.05, 3.63) is 59.7 Å². The number of hydrogen-bond donors (Lipinski definition) is 2. The van der Waals surface area contributed by atoms with Crippen LogP contribution in [0.2, 0.25) is 0 Å². The van der Waals surface area contributed by atoms with E-state index in [9.17, 15) is 19.5 Å². The molecule has 0 spiro atoms. The molecule has 8 heteroatoms. The normalized spacial score (nSPS) is 12.7. The number of benzene rings is 2. The third-order valence-corrected chi connectivity index (χ3v) is 5.45. The second-order valence-corrected chi connectivity index (χ2v) is 7.64. The molecule has 1 atom stereocenters. The number of hydrogen-bond acceptors (Lipinski definition) is 5. The zero-order valence-corrected chi connectivity index (χ0v) is 18.3. The van der Waals surface area contributed by atoms with E-state index in [-0.39, 0.29) is 32.3 Å². The average Bonchev–Trinajstić information content (AvgIpc) is 3.13. The van der Waals surface area contributed by atoms with Gasteiger partial charge in [-0.15, -0.1) is 6.42 Å². The summed E-state index contributed by atoms with van der Waals surface area (Å²) in [7, 11) is 1.50. The molecule has 0 aliphatic heterocycles. The summed E-state index contributed by atoms with van der Waals surface area (Å²) < 4.78 is 10.6. The van der Waals surface area contributed by atoms with Crippen LogP contribution in [0.4, 0.5) is 4.79 Å². The molecule has 33 heavy (non-hydrogen) atoms. The number of carboxylic acid groups (broad SMARTS) is 1. The van der Waals surface area contributed by atoms with E-state index in [1.165, 1.54) is 11.9 Å². The second-order valence-electron chi connectivity index (χ2n) is 7.64. The number of amides is 2. The van der Waals surface area contributed by atoms with Crippen LogP contribution in [0, 0.1) is 12.3 Å². The van der Waals surface area contributed by atoms with Crippen molar-refractivity contribution in [1.29, 1.82) is 0 Å². The van der Waals surface area contributed by atoms with E-state index in [0.29, 0.717) is 0 Å². The highest BCUT2D eigenvalue weighted by Gasteiger charge is 2.31. The molecule has 0 heterocycles. The third kappa shape index (κ3) is 5.90. The van der Waals surface area contributed by atoms with Crippen LogP contribution in [0.3, 0.4) is 0 Å². The number of carbonyl (C=O) groups is 3. The lowest BCUT2D eigenvalue weighted by atomic mass is 9.98. The summed E-state index contributed by atoms with van der Waals surface area (Å²) in [6.07, 6.45) is 3.68. The first-order chi connectivity index (χ1) is 15.9. The summed E-state index contributed by atoms with van der Waals surface area (Å²) in [6.45, 7) is 0.558. The molecule has 1 unspecified atom stereocenters. The highest BCUT2D eigenvalue weighted by Crippen LogP contribution is 2.44. The van der Waals surface area contributed by atoms with Gasteiger partial charge in [-0.25, -0.2) is 4.79 Å². The van der Waals surface area contributed by atoms with Crippen molar-refractivity contribution in [2.75, 3.05) is 33.4 Å². The van der Waals surface area contributed by atoms with Gasteiger partial charge in [-0.05, 0) is 22.3 Å². The number of nitrogens with zero attached hydrogens (tertiary/aromatic N) is 1. The van der Waals surface area contributed by atoms with Gasteiger partial charge in [0.2, 0.25) is 5.91 Å². The quantitative estimate of drug-likeness (QED) is 0.426. The van der Waals surface area contributed by atoms with Gasteiger partial charge in [0, 0.05) is 19.5 Å². The van der Waals surface area contributed by atoms with E-state index in [4.69, 9.17) is 15.9 Å². The van der Waals surface area contributed by atoms with Crippen LogP contribution < -0.4 is 5.32 Å². The van der Waals surface area contributed by atoms with E-state index in [2.05, 4.69) is 11.2 Å². The van der Waals surface area contributed by atoms with Crippen LogP contribution >= 0.6 is 0 Å². The molecule has 1 aliphatic rings. The Morgan fingerprint density at radius 3 is 2.30 bits per heavy atom. The molecule has 2 aromatic carbocycles. The number of carbonyl (C=O) groups excluding carboxylic acids is 2. The van der Waals surface area contributed by atoms with Gasteiger partial charge >= 0.3 is 12.1 Å². The van der Waals surface area contributed by atoms with E-state index >= 15 is 0 Å². The topological polar surface area (TPSA) is 105 Å². The van der Waals surface area contributed by atoms with Gasteiger partial charge in [0.1, 0.15) is 19.3 Å². The molecule has 0 saturated carbocycles. The Labute approximate surface area is 192 Å². The predicted molar refractivity (Wildman–Crippen MR) is 122 cm³/mol. The maximum absolute atomic E-state index is 12.7. The minimum absolute atomic E-state index is 0.0591. The Bertz CT molecular complexity index is 1020.